The van der Waals surface area contributed by atoms with E-state index in [0.29, 0.717) is 42.5 Å². The number of carbonyl (C=O) groups is 4. The first-order valence-corrected chi connectivity index (χ1v) is 10.9. The van der Waals surface area contributed by atoms with Crippen LogP contribution >= 0.6 is 0 Å². The molecule has 0 saturated heterocycles. The van der Waals surface area contributed by atoms with E-state index in [1.807, 2.05) is 0 Å². The number of nitriles is 1. The van der Waals surface area contributed by atoms with Crippen LogP contribution in [0.3, 0.4) is 0 Å². The Kier molecular flexibility index (Phi) is 8.35. The molecule has 2 aromatic rings. The highest BCUT2D eigenvalue weighted by molar-refractivity contribution is 6.21. The Balaban J connectivity index is 1.48. The summed E-state index contributed by atoms with van der Waals surface area (Å²) in [7, 11) is 2.59. The molecule has 2 aromatic carbocycles. The minimum atomic E-state index is -0.759. The van der Waals surface area contributed by atoms with Gasteiger partial charge in [-0.2, -0.15) is 5.26 Å². The number of hydrogen-bond acceptors (Lipinski definition) is 8. The van der Waals surface area contributed by atoms with Crippen LogP contribution < -0.4 is 9.47 Å². The van der Waals surface area contributed by atoms with Gasteiger partial charge < -0.3 is 14.2 Å². The number of carbonyl (C=O) groups excluding carboxylic acids is 4. The number of unbranched alkanes of at least 4 members (excludes halogenated alkanes) is 2. The van der Waals surface area contributed by atoms with Crippen molar-refractivity contribution in [2.75, 3.05) is 20.8 Å². The fraction of sp³-hybridized carbons (Fsp3) is 0.269. The molecule has 0 radical (unpaired) electrons. The van der Waals surface area contributed by atoms with Crippen LogP contribution in [0.4, 0.5) is 0 Å². The Hall–Kier alpha value is -4.45. The van der Waals surface area contributed by atoms with Gasteiger partial charge in [0.2, 0.25) is 0 Å². The third-order valence-electron chi connectivity index (χ3n) is 5.39. The fourth-order valence-corrected chi connectivity index (χ4v) is 3.60. The minimum absolute atomic E-state index is 0.147. The van der Waals surface area contributed by atoms with Crippen LogP contribution in [0.5, 0.6) is 11.5 Å². The van der Waals surface area contributed by atoms with Crippen molar-refractivity contribution in [3.63, 3.8) is 0 Å². The number of ether oxygens (including phenoxy) is 3. The third-order valence-corrected chi connectivity index (χ3v) is 5.39. The number of fused-ring (bicyclic) bond motifs is 1. The van der Waals surface area contributed by atoms with E-state index in [9.17, 15) is 19.2 Å². The second kappa shape index (κ2) is 11.6. The monoisotopic (exact) mass is 476 g/mol. The Labute approximate surface area is 202 Å². The fourth-order valence-electron chi connectivity index (χ4n) is 3.60. The first-order valence-electron chi connectivity index (χ1n) is 10.9. The summed E-state index contributed by atoms with van der Waals surface area (Å²) in [6, 6.07) is 13.1. The van der Waals surface area contributed by atoms with Crippen LogP contribution in [0.2, 0.25) is 0 Å². The molecule has 1 aliphatic heterocycles. The summed E-state index contributed by atoms with van der Waals surface area (Å²) in [5.41, 5.74) is 1.16. The first kappa shape index (κ1) is 25.2. The summed E-state index contributed by atoms with van der Waals surface area (Å²) in [5, 5.41) is 9.08. The van der Waals surface area contributed by atoms with Crippen molar-refractivity contribution in [3.8, 4) is 17.6 Å². The first-order chi connectivity index (χ1) is 16.9. The lowest BCUT2D eigenvalue weighted by molar-refractivity contribution is -0.136. The van der Waals surface area contributed by atoms with Gasteiger partial charge in [-0.15, -0.1) is 0 Å². The molecule has 2 amide bonds. The van der Waals surface area contributed by atoms with E-state index in [-0.39, 0.29) is 35.3 Å². The number of rotatable bonds is 10. The molecule has 1 aliphatic rings. The number of amides is 2. The molecule has 3 rings (SSSR count). The van der Waals surface area contributed by atoms with Crippen molar-refractivity contribution in [3.05, 3.63) is 64.7 Å². The van der Waals surface area contributed by atoms with Gasteiger partial charge in [-0.05, 0) is 48.7 Å². The summed E-state index contributed by atoms with van der Waals surface area (Å²) in [5.74, 6) is -1.32. The Morgan fingerprint density at radius 3 is 2.26 bits per heavy atom. The average Bonchev–Trinajstić information content (AvgIpc) is 3.12. The van der Waals surface area contributed by atoms with Gasteiger partial charge in [-0.25, -0.2) is 4.79 Å². The summed E-state index contributed by atoms with van der Waals surface area (Å²) in [6.45, 7) is 0.292. The Bertz CT molecular complexity index is 1190. The second-order valence-corrected chi connectivity index (χ2v) is 7.66. The van der Waals surface area contributed by atoms with Gasteiger partial charge in [0.25, 0.3) is 11.8 Å². The molecule has 0 aromatic heterocycles. The van der Waals surface area contributed by atoms with E-state index in [1.165, 1.54) is 37.3 Å². The van der Waals surface area contributed by atoms with Crippen LogP contribution in [0.25, 0.3) is 6.08 Å². The molecule has 0 bridgehead atoms. The SMILES string of the molecule is COC(=O)/C(C#N)=C\c1ccc(OC(=O)CCCCCN2C(=O)c3ccccc3C2=O)c(OC)c1. The molecule has 0 spiro atoms. The van der Waals surface area contributed by atoms with E-state index in [1.54, 1.807) is 36.4 Å². The van der Waals surface area contributed by atoms with Gasteiger partial charge in [-0.1, -0.05) is 24.6 Å². The largest absolute Gasteiger partial charge is 0.493 e. The molecule has 9 nitrogen and oxygen atoms in total. The molecule has 9 heteroatoms. The number of esters is 2. The zero-order valence-corrected chi connectivity index (χ0v) is 19.4. The molecule has 0 unspecified atom stereocenters. The molecular weight excluding hydrogens is 452 g/mol. The van der Waals surface area contributed by atoms with E-state index in [2.05, 4.69) is 4.74 Å². The van der Waals surface area contributed by atoms with Crippen LogP contribution in [0.1, 0.15) is 52.0 Å². The van der Waals surface area contributed by atoms with Crippen molar-refractivity contribution in [2.24, 2.45) is 0 Å². The Morgan fingerprint density at radius 1 is 0.971 bits per heavy atom. The highest BCUT2D eigenvalue weighted by Gasteiger charge is 2.34. The molecule has 0 aliphatic carbocycles. The quantitative estimate of drug-likeness (QED) is 0.127. The molecule has 1 heterocycles. The van der Waals surface area contributed by atoms with Gasteiger partial charge in [0.15, 0.2) is 11.5 Å². The molecule has 0 atom stereocenters. The van der Waals surface area contributed by atoms with E-state index in [0.717, 1.165) is 0 Å². The van der Waals surface area contributed by atoms with Crippen LogP contribution in [0.15, 0.2) is 48.0 Å². The number of nitrogens with zero attached hydrogens (tertiary/aromatic N) is 2. The lowest BCUT2D eigenvalue weighted by atomic mass is 10.1. The molecule has 180 valence electrons. The van der Waals surface area contributed by atoms with E-state index >= 15 is 0 Å². The smallest absolute Gasteiger partial charge is 0.348 e. The standard InChI is InChI=1S/C26H24N2O7/c1-33-22-15-17(14-18(16-27)26(32)34-2)11-12-21(22)35-23(29)10-4-3-7-13-28-24(30)19-8-5-6-9-20(19)25(28)31/h5-6,8-9,11-12,14-15H,3-4,7,10,13H2,1-2H3/b18-14-. The van der Waals surface area contributed by atoms with Gasteiger partial charge in [0.05, 0.1) is 25.3 Å². The van der Waals surface area contributed by atoms with E-state index in [4.69, 9.17) is 14.7 Å². The third kappa shape index (κ3) is 5.92. The van der Waals surface area contributed by atoms with Crippen LogP contribution in [0, 0.1) is 11.3 Å². The maximum absolute atomic E-state index is 12.4. The summed E-state index contributed by atoms with van der Waals surface area (Å²) in [4.78, 5) is 49.8. The molecule has 0 N–H and O–H groups in total. The van der Waals surface area contributed by atoms with Gasteiger partial charge in [-0.3, -0.25) is 19.3 Å². The summed E-state index contributed by atoms with van der Waals surface area (Å²) in [6.07, 6.45) is 3.22. The Morgan fingerprint density at radius 2 is 1.66 bits per heavy atom. The predicted molar refractivity (Wildman–Crippen MR) is 125 cm³/mol. The molecule has 35 heavy (non-hydrogen) atoms. The van der Waals surface area contributed by atoms with Gasteiger partial charge in [0, 0.05) is 13.0 Å². The molecule has 0 saturated carbocycles. The van der Waals surface area contributed by atoms with Gasteiger partial charge in [0.1, 0.15) is 11.6 Å². The predicted octanol–water partition coefficient (Wildman–Crippen LogP) is 3.54. The summed E-state index contributed by atoms with van der Waals surface area (Å²) >= 11 is 0. The van der Waals surface area contributed by atoms with Crippen molar-refractivity contribution in [2.45, 2.75) is 25.7 Å². The number of benzene rings is 2. The highest BCUT2D eigenvalue weighted by atomic mass is 16.6. The zero-order chi connectivity index (χ0) is 25.4. The molecular formula is C26H24N2O7. The van der Waals surface area contributed by atoms with E-state index < -0.39 is 11.9 Å². The van der Waals surface area contributed by atoms with Gasteiger partial charge >= 0.3 is 11.9 Å². The van der Waals surface area contributed by atoms with Crippen LogP contribution in [-0.2, 0) is 14.3 Å². The number of imide groups is 1. The normalized spacial score (nSPS) is 12.7. The number of methoxy groups -OCH3 is 2. The average molecular weight is 476 g/mol. The zero-order valence-electron chi connectivity index (χ0n) is 19.4. The van der Waals surface area contributed by atoms with Crippen molar-refractivity contribution in [1.82, 2.24) is 4.90 Å². The van der Waals surface area contributed by atoms with Crippen molar-refractivity contribution >= 4 is 29.8 Å². The lowest BCUT2D eigenvalue weighted by Gasteiger charge is -2.13. The molecule has 0 fully saturated rings. The topological polar surface area (TPSA) is 123 Å². The maximum atomic E-state index is 12.4. The summed E-state index contributed by atoms with van der Waals surface area (Å²) < 4.78 is 15.2. The van der Waals surface area contributed by atoms with Crippen molar-refractivity contribution < 1.29 is 33.4 Å². The van der Waals surface area contributed by atoms with Crippen LogP contribution in [-0.4, -0.2) is 49.4 Å². The minimum Gasteiger partial charge on any atom is -0.493 e. The highest BCUT2D eigenvalue weighted by Crippen LogP contribution is 2.29. The number of hydrogen-bond donors (Lipinski definition) is 0. The second-order valence-electron chi connectivity index (χ2n) is 7.66. The lowest BCUT2D eigenvalue weighted by Crippen LogP contribution is -2.30. The maximum Gasteiger partial charge on any atom is 0.348 e. The van der Waals surface area contributed by atoms with Crippen molar-refractivity contribution in [1.29, 1.82) is 5.26 Å².